The highest BCUT2D eigenvalue weighted by molar-refractivity contribution is 7.89. The SMILES string of the molecule is NS(=O)(=O)c1ccc(CCNC(=S)Nc2ccc3ncnc(Nc4cccc(Cl)c4F)c3c2)cc1. The maximum Gasteiger partial charge on any atom is 0.238 e. The van der Waals surface area contributed by atoms with Gasteiger partial charge in [-0.2, -0.15) is 0 Å². The maximum atomic E-state index is 14.3. The third-order valence-corrected chi connectivity index (χ3v) is 6.52. The molecule has 0 amide bonds. The molecule has 0 saturated heterocycles. The topological polar surface area (TPSA) is 122 Å². The Morgan fingerprint density at radius 2 is 1.86 bits per heavy atom. The second-order valence-electron chi connectivity index (χ2n) is 7.50. The molecule has 0 radical (unpaired) electrons. The average molecular weight is 531 g/mol. The Balaban J connectivity index is 1.41. The second-order valence-corrected chi connectivity index (χ2v) is 9.88. The number of nitrogens with two attached hydrogens (primary N) is 1. The number of halogens is 2. The van der Waals surface area contributed by atoms with Gasteiger partial charge in [0.2, 0.25) is 10.0 Å². The highest BCUT2D eigenvalue weighted by atomic mass is 35.5. The number of hydrogen-bond acceptors (Lipinski definition) is 6. The predicted molar refractivity (Wildman–Crippen MR) is 140 cm³/mol. The van der Waals surface area contributed by atoms with Gasteiger partial charge in [0, 0.05) is 17.6 Å². The van der Waals surface area contributed by atoms with Crippen LogP contribution in [-0.2, 0) is 16.4 Å². The largest absolute Gasteiger partial charge is 0.362 e. The number of primary sulfonamides is 1. The molecule has 0 saturated carbocycles. The van der Waals surface area contributed by atoms with Gasteiger partial charge in [-0.1, -0.05) is 29.8 Å². The van der Waals surface area contributed by atoms with E-state index in [1.807, 2.05) is 6.07 Å². The summed E-state index contributed by atoms with van der Waals surface area (Å²) in [5.74, 6) is -0.151. The summed E-state index contributed by atoms with van der Waals surface area (Å²) in [5.41, 5.74) is 2.49. The zero-order valence-corrected chi connectivity index (χ0v) is 20.5. The van der Waals surface area contributed by atoms with Crippen LogP contribution in [0, 0.1) is 5.82 Å². The number of sulfonamides is 1. The van der Waals surface area contributed by atoms with Crippen LogP contribution in [0.1, 0.15) is 5.56 Å². The number of aromatic nitrogens is 2. The van der Waals surface area contributed by atoms with Crippen LogP contribution in [0.4, 0.5) is 21.6 Å². The van der Waals surface area contributed by atoms with E-state index >= 15 is 0 Å². The number of nitrogens with zero attached hydrogens (tertiary/aromatic N) is 2. The monoisotopic (exact) mass is 530 g/mol. The summed E-state index contributed by atoms with van der Waals surface area (Å²) in [6, 6.07) is 16.5. The third-order valence-electron chi connectivity index (χ3n) is 5.05. The van der Waals surface area contributed by atoms with Gasteiger partial charge in [0.25, 0.3) is 0 Å². The molecule has 1 heterocycles. The average Bonchev–Trinajstić information content (AvgIpc) is 2.82. The minimum Gasteiger partial charge on any atom is -0.362 e. The molecule has 4 aromatic rings. The molecule has 0 aliphatic carbocycles. The standard InChI is InChI=1S/C23H20ClFN6O2S2/c24-18-2-1-3-20(21(18)25)31-22-17-12-15(6-9-19(17)28-13-29-22)30-23(34)27-11-10-14-4-7-16(8-5-14)35(26,32)33/h1-9,12-13H,10-11H2,(H2,26,32,33)(H2,27,30,34)(H,28,29,31). The second kappa shape index (κ2) is 10.5. The lowest BCUT2D eigenvalue weighted by atomic mass is 10.1. The Hall–Kier alpha value is -3.38. The normalized spacial score (nSPS) is 11.3. The molecule has 0 aliphatic rings. The molecule has 1 aromatic heterocycles. The molecule has 4 rings (SSSR count). The first-order valence-electron chi connectivity index (χ1n) is 10.3. The van der Waals surface area contributed by atoms with Crippen LogP contribution >= 0.6 is 23.8 Å². The number of nitrogens with one attached hydrogen (secondary N) is 3. The molecule has 5 N–H and O–H groups in total. The number of anilines is 3. The van der Waals surface area contributed by atoms with Crippen molar-refractivity contribution in [3.05, 3.63) is 83.4 Å². The fourth-order valence-electron chi connectivity index (χ4n) is 3.30. The fraction of sp³-hybridized carbons (Fsp3) is 0.0870. The Kier molecular flexibility index (Phi) is 7.41. The van der Waals surface area contributed by atoms with Crippen LogP contribution in [0.5, 0.6) is 0 Å². The van der Waals surface area contributed by atoms with E-state index in [2.05, 4.69) is 25.9 Å². The summed E-state index contributed by atoms with van der Waals surface area (Å²) >= 11 is 11.3. The first-order valence-corrected chi connectivity index (χ1v) is 12.7. The van der Waals surface area contributed by atoms with Crippen molar-refractivity contribution in [3.63, 3.8) is 0 Å². The van der Waals surface area contributed by atoms with Crippen molar-refractivity contribution < 1.29 is 12.8 Å². The predicted octanol–water partition coefficient (Wildman–Crippen LogP) is 4.34. The van der Waals surface area contributed by atoms with E-state index in [-0.39, 0.29) is 15.6 Å². The molecule has 8 nitrogen and oxygen atoms in total. The van der Waals surface area contributed by atoms with Crippen LogP contribution in [0.2, 0.25) is 5.02 Å². The van der Waals surface area contributed by atoms with Gasteiger partial charge in [0.1, 0.15) is 12.1 Å². The van der Waals surface area contributed by atoms with Crippen LogP contribution in [0.25, 0.3) is 10.9 Å². The van der Waals surface area contributed by atoms with Gasteiger partial charge in [-0.15, -0.1) is 0 Å². The van der Waals surface area contributed by atoms with Gasteiger partial charge in [-0.05, 0) is 66.7 Å². The van der Waals surface area contributed by atoms with Crippen molar-refractivity contribution in [2.75, 3.05) is 17.2 Å². The Bertz CT molecular complexity index is 1500. The van der Waals surface area contributed by atoms with E-state index in [9.17, 15) is 12.8 Å². The quantitative estimate of drug-likeness (QED) is 0.260. The third kappa shape index (κ3) is 6.20. The van der Waals surface area contributed by atoms with Gasteiger partial charge in [0.05, 0.1) is 21.1 Å². The summed E-state index contributed by atoms with van der Waals surface area (Å²) < 4.78 is 37.0. The van der Waals surface area contributed by atoms with Gasteiger partial charge in [-0.25, -0.2) is 27.9 Å². The minimum absolute atomic E-state index is 0.00694. The smallest absolute Gasteiger partial charge is 0.238 e. The first-order chi connectivity index (χ1) is 16.7. The number of thiocarbonyl (C=S) groups is 1. The van der Waals surface area contributed by atoms with Crippen molar-refractivity contribution in [3.8, 4) is 0 Å². The van der Waals surface area contributed by atoms with Gasteiger partial charge < -0.3 is 16.0 Å². The highest BCUT2D eigenvalue weighted by Crippen LogP contribution is 2.29. The molecule has 180 valence electrons. The molecule has 35 heavy (non-hydrogen) atoms. The summed E-state index contributed by atoms with van der Waals surface area (Å²) in [4.78, 5) is 8.57. The molecule has 0 aliphatic heterocycles. The lowest BCUT2D eigenvalue weighted by Gasteiger charge is -2.13. The molecule has 0 bridgehead atoms. The van der Waals surface area contributed by atoms with Gasteiger partial charge in [0.15, 0.2) is 10.9 Å². The van der Waals surface area contributed by atoms with Crippen LogP contribution in [0.3, 0.4) is 0 Å². The van der Waals surface area contributed by atoms with Gasteiger partial charge >= 0.3 is 0 Å². The maximum absolute atomic E-state index is 14.3. The number of benzene rings is 3. The van der Waals surface area contributed by atoms with E-state index < -0.39 is 15.8 Å². The fourth-order valence-corrected chi connectivity index (χ4v) is 4.21. The van der Waals surface area contributed by atoms with Crippen LogP contribution in [0.15, 0.2) is 71.9 Å². The molecule has 0 atom stereocenters. The van der Waals surface area contributed by atoms with Crippen molar-refractivity contribution in [2.24, 2.45) is 5.14 Å². The summed E-state index contributed by atoms with van der Waals surface area (Å²) in [6.45, 7) is 0.526. The lowest BCUT2D eigenvalue weighted by Crippen LogP contribution is -2.30. The van der Waals surface area contributed by atoms with Crippen molar-refractivity contribution >= 4 is 67.1 Å². The zero-order chi connectivity index (χ0) is 25.0. The molecule has 0 unspecified atom stereocenters. The summed E-state index contributed by atoms with van der Waals surface area (Å²) in [6.07, 6.45) is 2.01. The van der Waals surface area contributed by atoms with E-state index in [4.69, 9.17) is 29.0 Å². The summed E-state index contributed by atoms with van der Waals surface area (Å²) in [7, 11) is -3.71. The molecule has 3 aromatic carbocycles. The van der Waals surface area contributed by atoms with Crippen molar-refractivity contribution in [1.82, 2.24) is 15.3 Å². The Labute approximate surface area is 211 Å². The van der Waals surface area contributed by atoms with Crippen molar-refractivity contribution in [1.29, 1.82) is 0 Å². The van der Waals surface area contributed by atoms with Crippen LogP contribution in [-0.4, -0.2) is 30.0 Å². The van der Waals surface area contributed by atoms with Gasteiger partial charge in [-0.3, -0.25) is 0 Å². The first kappa shape index (κ1) is 24.7. The van der Waals surface area contributed by atoms with E-state index in [0.29, 0.717) is 40.5 Å². The van der Waals surface area contributed by atoms with E-state index in [0.717, 1.165) is 5.56 Å². The summed E-state index contributed by atoms with van der Waals surface area (Å²) in [5, 5.41) is 15.4. The number of fused-ring (bicyclic) bond motifs is 1. The van der Waals surface area contributed by atoms with Crippen molar-refractivity contribution in [2.45, 2.75) is 11.3 Å². The van der Waals surface area contributed by atoms with Crippen LogP contribution < -0.4 is 21.1 Å². The molecule has 12 heteroatoms. The van der Waals surface area contributed by atoms with E-state index in [1.54, 1.807) is 36.4 Å². The van der Waals surface area contributed by atoms with E-state index in [1.165, 1.54) is 24.5 Å². The number of hydrogen-bond donors (Lipinski definition) is 4. The zero-order valence-electron chi connectivity index (χ0n) is 18.1. The highest BCUT2D eigenvalue weighted by Gasteiger charge is 2.11. The molecular weight excluding hydrogens is 511 g/mol. The Morgan fingerprint density at radius 1 is 1.09 bits per heavy atom. The molecular formula is C23H20ClFN6O2S2. The number of rotatable bonds is 7. The molecule has 0 fully saturated rings. The lowest BCUT2D eigenvalue weighted by molar-refractivity contribution is 0.597. The minimum atomic E-state index is -3.71. The molecule has 0 spiro atoms. The Morgan fingerprint density at radius 3 is 2.60 bits per heavy atom.